The molecule has 17 rings (SSSR count). The lowest BCUT2D eigenvalue weighted by molar-refractivity contribution is 0.669. The summed E-state index contributed by atoms with van der Waals surface area (Å²) < 4.78 is 278. The second-order valence-corrected chi connectivity index (χ2v) is 18.6. The summed E-state index contributed by atoms with van der Waals surface area (Å²) in [7, 11) is 0. The zero-order chi connectivity index (χ0) is 78.8. The molecule has 0 unspecified atom stereocenters. The normalized spacial score (nSPS) is 17.0. The van der Waals surface area contributed by atoms with Gasteiger partial charge in [-0.25, -0.2) is 0 Å². The van der Waals surface area contributed by atoms with E-state index in [1.807, 2.05) is 54.6 Å². The third-order valence-electron chi connectivity index (χ3n) is 14.4. The molecule has 2 aromatic heterocycles. The van der Waals surface area contributed by atoms with Gasteiger partial charge in [0.15, 0.2) is 0 Å². The third kappa shape index (κ3) is 7.27. The first-order chi connectivity index (χ1) is 52.2. The lowest BCUT2D eigenvalue weighted by atomic mass is 9.84. The fourth-order valence-corrected chi connectivity index (χ4v) is 11.0. The summed E-state index contributed by atoms with van der Waals surface area (Å²) in [6.07, 6.45) is 0. The summed E-state index contributed by atoms with van der Waals surface area (Å²) in [6, 6.07) is 12.3. The van der Waals surface area contributed by atoms with Gasteiger partial charge in [-0.15, -0.1) is 0 Å². The molecule has 0 saturated heterocycles. The van der Waals surface area contributed by atoms with Gasteiger partial charge in [0.2, 0.25) is 0 Å². The predicted octanol–water partition coefficient (Wildman–Crippen LogP) is 22.4. The van der Waals surface area contributed by atoms with Gasteiger partial charge in [0.1, 0.15) is 22.3 Å². The minimum Gasteiger partial charge on any atom is -0.456 e. The molecule has 372 valence electrons. The van der Waals surface area contributed by atoms with Crippen molar-refractivity contribution >= 4 is 109 Å². The van der Waals surface area contributed by atoms with Crippen molar-refractivity contribution in [1.29, 1.82) is 0 Å². The fourth-order valence-electron chi connectivity index (χ4n) is 11.0. The van der Waals surface area contributed by atoms with E-state index in [4.69, 9.17) is 36.2 Å². The van der Waals surface area contributed by atoms with E-state index >= 15 is 0 Å². The summed E-state index contributed by atoms with van der Waals surface area (Å²) in [5, 5.41) is -0.504. The summed E-state index contributed by atoms with van der Waals surface area (Å²) in [5.41, 5.74) is 2.68. The van der Waals surface area contributed by atoms with Gasteiger partial charge >= 0.3 is 0 Å². The number of para-hydroxylation sites is 3. The fraction of sp³-hybridized carbons (Fsp3) is 0. The lowest BCUT2D eigenvalue weighted by Gasteiger charge is -2.19. The molecular weight excluding hydrogens is 969 g/mol. The Morgan fingerprint density at radius 3 is 1.34 bits per heavy atom. The smallest absolute Gasteiger partial charge is 0.143 e. The molecule has 17 aromatic rings. The van der Waals surface area contributed by atoms with Crippen LogP contribution in [0.2, 0.25) is 0 Å². The van der Waals surface area contributed by atoms with Gasteiger partial charge in [-0.3, -0.25) is 0 Å². The molecule has 0 fully saturated rings. The number of hydrogen-bond acceptors (Lipinski definition) is 2. The van der Waals surface area contributed by atoms with E-state index in [0.29, 0.717) is 27.7 Å². The maximum atomic E-state index is 9.35. The molecule has 0 amide bonds. The van der Waals surface area contributed by atoms with Crippen LogP contribution in [0.4, 0.5) is 0 Å². The van der Waals surface area contributed by atoms with Crippen molar-refractivity contribution in [3.8, 4) is 55.6 Å². The van der Waals surface area contributed by atoms with E-state index in [9.17, 15) is 13.7 Å². The summed E-state index contributed by atoms with van der Waals surface area (Å²) in [4.78, 5) is 0. The minimum absolute atomic E-state index is 0.00993. The molecule has 0 atom stereocenters. The summed E-state index contributed by atoms with van der Waals surface area (Å²) in [6.45, 7) is 0. The Balaban J connectivity index is 0.000000168. The maximum absolute atomic E-state index is 9.35. The molecule has 80 heavy (non-hydrogen) atoms. The second-order valence-electron chi connectivity index (χ2n) is 18.6. The Kier molecular flexibility index (Phi) is 5.77. The van der Waals surface area contributed by atoms with E-state index in [-0.39, 0.29) is 76.5 Å². The molecule has 0 saturated carbocycles. The van der Waals surface area contributed by atoms with Crippen LogP contribution in [0.15, 0.2) is 299 Å². The van der Waals surface area contributed by atoms with Crippen LogP contribution in [0.5, 0.6) is 0 Å². The van der Waals surface area contributed by atoms with E-state index in [0.717, 1.165) is 27.3 Å². The van der Waals surface area contributed by atoms with E-state index in [2.05, 4.69) is 0 Å². The first-order valence-electron chi connectivity index (χ1n) is 40.0. The van der Waals surface area contributed by atoms with Crippen molar-refractivity contribution in [3.63, 3.8) is 0 Å². The van der Waals surface area contributed by atoms with Crippen molar-refractivity contribution in [1.82, 2.24) is 0 Å². The SMILES string of the molecule is [2H]c1c([2H])c([2H])c2c(-c3c4c([2H])c([2H])c([2H])c([2H])c4c(-c4ccc(-c5cccc6oc7ccccc7c56)cc4)c4c([2H])c([2H])c([2H])c([2H])c34)c([2H])c([2H])c([2H])c2c1[2H].[2H]c1c([2H])c([2H])c2c([2H])c(-c3c4c([2H])c([2H])c([2H])c([2H])c4c(-c4cccc5c4oc4ccccc45)c4c([2H])c([2H])c([2H])c([2H])c34)c([2H])c([2H])c2c1[2H]. The predicted molar refractivity (Wildman–Crippen MR) is 340 cm³/mol. The Hall–Kier alpha value is -10.5. The monoisotopic (exact) mass is 1050 g/mol. The zero-order valence-electron chi connectivity index (χ0n) is 71.2. The van der Waals surface area contributed by atoms with Crippen molar-refractivity contribution in [2.45, 2.75) is 0 Å². The van der Waals surface area contributed by atoms with Crippen molar-refractivity contribution in [3.05, 3.63) is 290 Å². The van der Waals surface area contributed by atoms with Crippen LogP contribution in [0.25, 0.3) is 164 Å². The number of furan rings is 2. The van der Waals surface area contributed by atoms with E-state index in [1.54, 1.807) is 54.6 Å². The average molecular weight is 1050 g/mol. The Morgan fingerprint density at radius 1 is 0.237 bits per heavy atom. The van der Waals surface area contributed by atoms with Crippen LogP contribution in [-0.4, -0.2) is 0 Å². The van der Waals surface area contributed by atoms with Crippen LogP contribution in [0.3, 0.4) is 0 Å². The lowest BCUT2D eigenvalue weighted by Crippen LogP contribution is -1.91. The standard InChI is InChI=1S/C42H26O.C36H22O/c1-2-13-30-27(11-1)12-9-20-32(30)41-35-16-5-3-14-33(35)40(34-15-4-6-17-36(34)41)29-25-23-28(24-26-29)31-19-10-22-39-42(31)37-18-7-8-21-38(37)43-39;1-2-11-24-22-25(21-20-23(24)10-1)34-27-13-3-5-15-29(27)35(30-16-6-4-14-28(30)34)32-18-9-17-31-26-12-7-8-19-33(26)37-36(31)32/h1-26H;1-22H/i1D,2D,3D,4D,5D,6D,9D,11D,12D,13D,14D,15D,16D,17D,20D;1D,2D,3D,4D,5D,6D,10D,11D,13D,14D,15D,16D,20D,21D,22D. The Labute approximate surface area is 503 Å². The molecule has 0 N–H and O–H groups in total. The van der Waals surface area contributed by atoms with Gasteiger partial charge in [0.25, 0.3) is 0 Å². The quantitative estimate of drug-likeness (QED) is 0.161. The number of fused-ring (bicyclic) bond motifs is 12. The van der Waals surface area contributed by atoms with E-state index in [1.165, 1.54) is 0 Å². The molecule has 2 nitrogen and oxygen atoms in total. The number of hydrogen-bond donors (Lipinski definition) is 0. The molecule has 0 aliphatic heterocycles. The first-order valence-corrected chi connectivity index (χ1v) is 25.0. The first kappa shape index (κ1) is 24.8. The number of rotatable bonds is 5. The van der Waals surface area contributed by atoms with Crippen LogP contribution in [0.1, 0.15) is 41.1 Å². The van der Waals surface area contributed by atoms with Crippen molar-refractivity contribution in [2.24, 2.45) is 0 Å². The zero-order valence-corrected chi connectivity index (χ0v) is 41.2. The van der Waals surface area contributed by atoms with Crippen LogP contribution in [-0.2, 0) is 0 Å². The third-order valence-corrected chi connectivity index (χ3v) is 14.4. The van der Waals surface area contributed by atoms with Crippen molar-refractivity contribution < 1.29 is 50.0 Å². The topological polar surface area (TPSA) is 26.3 Å². The molecule has 0 aliphatic rings. The van der Waals surface area contributed by atoms with Crippen LogP contribution in [0, 0.1) is 0 Å². The van der Waals surface area contributed by atoms with Gasteiger partial charge in [-0.1, -0.05) is 266 Å². The average Bonchev–Trinajstić information content (AvgIpc) is 0.810. The minimum atomic E-state index is -0.754. The highest BCUT2D eigenvalue weighted by atomic mass is 16.3. The highest BCUT2D eigenvalue weighted by molar-refractivity contribution is 6.26. The van der Waals surface area contributed by atoms with Gasteiger partial charge < -0.3 is 8.83 Å². The second kappa shape index (κ2) is 18.6. The largest absolute Gasteiger partial charge is 0.456 e. The Bertz CT molecular complexity index is 6980. The van der Waals surface area contributed by atoms with Gasteiger partial charge in [0.05, 0.1) is 41.1 Å². The Morgan fingerprint density at radius 2 is 0.688 bits per heavy atom. The summed E-state index contributed by atoms with van der Waals surface area (Å²) >= 11 is 0. The molecule has 15 aromatic carbocycles. The number of benzene rings is 15. The molecule has 0 spiro atoms. The van der Waals surface area contributed by atoms with Gasteiger partial charge in [-0.05, 0) is 133 Å². The molecule has 2 heteroatoms. The maximum Gasteiger partial charge on any atom is 0.143 e. The molecule has 0 bridgehead atoms. The molecule has 0 radical (unpaired) electrons. The van der Waals surface area contributed by atoms with Crippen LogP contribution >= 0.6 is 0 Å². The molecular formula is C78H48O2. The molecule has 2 heterocycles. The summed E-state index contributed by atoms with van der Waals surface area (Å²) in [5.74, 6) is 0. The molecule has 0 aliphatic carbocycles. The van der Waals surface area contributed by atoms with Gasteiger partial charge in [0, 0.05) is 32.7 Å². The highest BCUT2D eigenvalue weighted by Gasteiger charge is 2.22. The van der Waals surface area contributed by atoms with E-state index < -0.39 is 214 Å². The van der Waals surface area contributed by atoms with Crippen molar-refractivity contribution in [2.75, 3.05) is 0 Å². The van der Waals surface area contributed by atoms with Gasteiger partial charge in [-0.2, -0.15) is 0 Å². The highest BCUT2D eigenvalue weighted by Crippen LogP contribution is 2.49. The van der Waals surface area contributed by atoms with Crippen LogP contribution < -0.4 is 0 Å².